The molecule has 0 aromatic carbocycles. The fraction of sp³-hybridized carbons (Fsp3) is 1.00. The summed E-state index contributed by atoms with van der Waals surface area (Å²) in [6.45, 7) is 4.45. The van der Waals surface area contributed by atoms with Gasteiger partial charge in [0.25, 0.3) is 0 Å². The molecule has 0 amide bonds. The van der Waals surface area contributed by atoms with Gasteiger partial charge in [0.2, 0.25) is 0 Å². The van der Waals surface area contributed by atoms with Crippen molar-refractivity contribution in [3.05, 3.63) is 0 Å². The molecular weight excluding hydrogens is 169 g/mol. The molecule has 1 atom stereocenters. The average molecular weight is 184 g/mol. The van der Waals surface area contributed by atoms with Gasteiger partial charge in [-0.15, -0.1) is 24.0 Å². The summed E-state index contributed by atoms with van der Waals surface area (Å²) in [5.41, 5.74) is 0.241. The zero-order chi connectivity index (χ0) is 6.69. The predicted molar refractivity (Wildman–Crippen MR) is 48.0 cm³/mol. The maximum absolute atomic E-state index is 5.88. The summed E-state index contributed by atoms with van der Waals surface area (Å²) in [5, 5.41) is 0. The lowest BCUT2D eigenvalue weighted by Crippen LogP contribution is -2.34. The number of alkyl halides is 1. The van der Waals surface area contributed by atoms with Crippen molar-refractivity contribution in [1.82, 2.24) is 4.90 Å². The fourth-order valence-electron chi connectivity index (χ4n) is 1.27. The molecule has 62 valence electrons. The Labute approximate surface area is 74.1 Å². The van der Waals surface area contributed by atoms with Gasteiger partial charge in [0, 0.05) is 0 Å². The SMILES string of the molecule is CC(Cl)N1CCCCC1.Cl. The Morgan fingerprint density at radius 1 is 1.20 bits per heavy atom. The molecule has 3 heteroatoms. The van der Waals surface area contributed by atoms with Gasteiger partial charge in [-0.25, -0.2) is 0 Å². The molecule has 0 radical (unpaired) electrons. The van der Waals surface area contributed by atoms with Crippen molar-refractivity contribution in [2.24, 2.45) is 0 Å². The number of rotatable bonds is 1. The van der Waals surface area contributed by atoms with Gasteiger partial charge >= 0.3 is 0 Å². The Morgan fingerprint density at radius 2 is 1.70 bits per heavy atom. The van der Waals surface area contributed by atoms with Gasteiger partial charge in [0.1, 0.15) is 0 Å². The molecule has 0 aliphatic carbocycles. The summed E-state index contributed by atoms with van der Waals surface area (Å²) < 4.78 is 0. The second-order valence-corrected chi connectivity index (χ2v) is 3.30. The summed E-state index contributed by atoms with van der Waals surface area (Å²) in [7, 11) is 0. The van der Waals surface area contributed by atoms with Gasteiger partial charge in [-0.1, -0.05) is 6.42 Å². The molecule has 1 aliphatic rings. The van der Waals surface area contributed by atoms with Crippen molar-refractivity contribution in [2.45, 2.75) is 31.7 Å². The Morgan fingerprint density at radius 3 is 2.00 bits per heavy atom. The minimum atomic E-state index is 0. The van der Waals surface area contributed by atoms with Crippen LogP contribution in [0.25, 0.3) is 0 Å². The van der Waals surface area contributed by atoms with Crippen LogP contribution in [0, 0.1) is 0 Å². The van der Waals surface area contributed by atoms with E-state index in [1.54, 1.807) is 0 Å². The van der Waals surface area contributed by atoms with Crippen molar-refractivity contribution in [2.75, 3.05) is 13.1 Å². The zero-order valence-corrected chi connectivity index (χ0v) is 7.92. The monoisotopic (exact) mass is 183 g/mol. The minimum absolute atomic E-state index is 0. The van der Waals surface area contributed by atoms with E-state index in [1.165, 1.54) is 32.4 Å². The van der Waals surface area contributed by atoms with Crippen molar-refractivity contribution in [1.29, 1.82) is 0 Å². The molecule has 0 aromatic heterocycles. The Kier molecular flexibility index (Phi) is 5.51. The standard InChI is InChI=1S/C7H14ClN.ClH/c1-7(8)9-5-3-2-4-6-9;/h7H,2-6H2,1H3;1H. The first-order chi connectivity index (χ1) is 4.30. The number of likely N-dealkylation sites (tertiary alicyclic amines) is 1. The molecule has 0 spiro atoms. The van der Waals surface area contributed by atoms with Crippen LogP contribution in [-0.2, 0) is 0 Å². The molecule has 0 N–H and O–H groups in total. The second kappa shape index (κ2) is 5.22. The topological polar surface area (TPSA) is 3.24 Å². The van der Waals surface area contributed by atoms with Gasteiger partial charge in [-0.05, 0) is 32.9 Å². The summed E-state index contributed by atoms with van der Waals surface area (Å²) in [4.78, 5) is 2.32. The molecule has 10 heavy (non-hydrogen) atoms. The highest BCUT2D eigenvalue weighted by atomic mass is 35.5. The first-order valence-corrected chi connectivity index (χ1v) is 4.12. The largest absolute Gasteiger partial charge is 0.288 e. The number of nitrogens with zero attached hydrogens (tertiary/aromatic N) is 1. The van der Waals surface area contributed by atoms with E-state index >= 15 is 0 Å². The summed E-state index contributed by atoms with van der Waals surface area (Å²) >= 11 is 5.88. The third-order valence-electron chi connectivity index (χ3n) is 1.89. The molecule has 1 aliphatic heterocycles. The third-order valence-corrected chi connectivity index (χ3v) is 2.17. The lowest BCUT2D eigenvalue weighted by Gasteiger charge is -2.28. The summed E-state index contributed by atoms with van der Waals surface area (Å²) in [5.74, 6) is 0. The van der Waals surface area contributed by atoms with Crippen molar-refractivity contribution in [3.8, 4) is 0 Å². The molecule has 0 saturated carbocycles. The van der Waals surface area contributed by atoms with Gasteiger partial charge < -0.3 is 0 Å². The average Bonchev–Trinajstić information content (AvgIpc) is 1.90. The first kappa shape index (κ1) is 10.5. The number of hydrogen-bond donors (Lipinski definition) is 0. The number of piperidine rings is 1. The van der Waals surface area contributed by atoms with Gasteiger partial charge in [-0.2, -0.15) is 0 Å². The maximum Gasteiger partial charge on any atom is 0.0821 e. The Hall–Kier alpha value is 0.540. The summed E-state index contributed by atoms with van der Waals surface area (Å²) in [6.07, 6.45) is 4.05. The van der Waals surface area contributed by atoms with E-state index in [-0.39, 0.29) is 17.9 Å². The van der Waals surface area contributed by atoms with Crippen molar-refractivity contribution < 1.29 is 0 Å². The van der Waals surface area contributed by atoms with Crippen LogP contribution in [0.1, 0.15) is 26.2 Å². The van der Waals surface area contributed by atoms with Crippen LogP contribution in [0.4, 0.5) is 0 Å². The van der Waals surface area contributed by atoms with Gasteiger partial charge in [0.15, 0.2) is 0 Å². The lowest BCUT2D eigenvalue weighted by atomic mass is 10.1. The van der Waals surface area contributed by atoms with E-state index < -0.39 is 0 Å². The lowest BCUT2D eigenvalue weighted by molar-refractivity contribution is 0.219. The molecule has 1 heterocycles. The van der Waals surface area contributed by atoms with E-state index in [0.717, 1.165) is 0 Å². The van der Waals surface area contributed by atoms with Crippen LogP contribution in [0.15, 0.2) is 0 Å². The Bertz CT molecular complexity index is 79.7. The van der Waals surface area contributed by atoms with E-state index in [0.29, 0.717) is 0 Å². The van der Waals surface area contributed by atoms with Gasteiger partial charge in [0.05, 0.1) is 5.50 Å². The van der Waals surface area contributed by atoms with Crippen LogP contribution in [0.5, 0.6) is 0 Å². The normalized spacial score (nSPS) is 23.4. The minimum Gasteiger partial charge on any atom is -0.288 e. The molecule has 0 bridgehead atoms. The van der Waals surface area contributed by atoms with E-state index in [1.807, 2.05) is 6.92 Å². The van der Waals surface area contributed by atoms with E-state index in [9.17, 15) is 0 Å². The highest BCUT2D eigenvalue weighted by Gasteiger charge is 2.13. The molecule has 1 nitrogen and oxygen atoms in total. The fourth-order valence-corrected chi connectivity index (χ4v) is 1.47. The van der Waals surface area contributed by atoms with E-state index in [2.05, 4.69) is 4.90 Å². The van der Waals surface area contributed by atoms with Crippen LogP contribution in [0.2, 0.25) is 0 Å². The van der Waals surface area contributed by atoms with Crippen LogP contribution < -0.4 is 0 Å². The quantitative estimate of drug-likeness (QED) is 0.447. The highest BCUT2D eigenvalue weighted by Crippen LogP contribution is 2.13. The number of hydrogen-bond acceptors (Lipinski definition) is 1. The smallest absolute Gasteiger partial charge is 0.0821 e. The number of halogens is 2. The van der Waals surface area contributed by atoms with Crippen LogP contribution in [-0.4, -0.2) is 23.5 Å². The van der Waals surface area contributed by atoms with E-state index in [4.69, 9.17) is 11.6 Å². The van der Waals surface area contributed by atoms with Crippen LogP contribution >= 0.6 is 24.0 Å². The molecular formula is C7H15Cl2N. The zero-order valence-electron chi connectivity index (χ0n) is 6.35. The summed E-state index contributed by atoms with van der Waals surface area (Å²) in [6, 6.07) is 0. The van der Waals surface area contributed by atoms with Gasteiger partial charge in [-0.3, -0.25) is 4.90 Å². The molecule has 1 rings (SSSR count). The second-order valence-electron chi connectivity index (χ2n) is 2.67. The molecule has 1 saturated heterocycles. The molecule has 1 unspecified atom stereocenters. The molecule has 0 aromatic rings. The van der Waals surface area contributed by atoms with Crippen molar-refractivity contribution >= 4 is 24.0 Å². The maximum atomic E-state index is 5.88. The first-order valence-electron chi connectivity index (χ1n) is 3.69. The third kappa shape index (κ3) is 3.09. The highest BCUT2D eigenvalue weighted by molar-refractivity contribution is 6.20. The van der Waals surface area contributed by atoms with Crippen LogP contribution in [0.3, 0.4) is 0 Å². The molecule has 1 fully saturated rings. The van der Waals surface area contributed by atoms with Crippen molar-refractivity contribution in [3.63, 3.8) is 0 Å². The predicted octanol–water partition coefficient (Wildman–Crippen LogP) is 2.48. The Balaban J connectivity index is 0.000000810.